The van der Waals surface area contributed by atoms with E-state index in [1.54, 1.807) is 0 Å². The van der Waals surface area contributed by atoms with Gasteiger partial charge in [0.05, 0.1) is 0 Å². The summed E-state index contributed by atoms with van der Waals surface area (Å²) in [5.41, 5.74) is 0. The van der Waals surface area contributed by atoms with Gasteiger partial charge in [-0.15, -0.1) is 0 Å². The molecule has 6 heavy (non-hydrogen) atoms. The Labute approximate surface area is 36.5 Å². The Hall–Kier alpha value is -0.120. The molecular formula is C3H7O3. The fourth-order valence-electron chi connectivity index (χ4n) is 0.0985. The van der Waals surface area contributed by atoms with E-state index in [1.165, 1.54) is 7.11 Å². The molecule has 0 aromatic carbocycles. The second kappa shape index (κ2) is 4.88. The third-order valence-corrected chi connectivity index (χ3v) is 0.260. The van der Waals surface area contributed by atoms with E-state index in [4.69, 9.17) is 5.11 Å². The molecule has 0 rings (SSSR count). The smallest absolute Gasteiger partial charge is 0.209 e. The van der Waals surface area contributed by atoms with Gasteiger partial charge in [0.1, 0.15) is 6.79 Å². The molecule has 1 radical (unpaired) electrons. The molecule has 37 valence electrons. The number of aliphatic hydroxyl groups excluding tert-OH is 1. The van der Waals surface area contributed by atoms with Crippen LogP contribution in [0.3, 0.4) is 0 Å². The zero-order valence-corrected chi connectivity index (χ0v) is 3.55. The van der Waals surface area contributed by atoms with Crippen molar-refractivity contribution >= 4 is 0 Å². The number of aliphatic hydroxyl groups is 1. The normalized spacial score (nSPS) is 9.00. The highest BCUT2D eigenvalue weighted by Gasteiger charge is 1.73. The van der Waals surface area contributed by atoms with Crippen LogP contribution in [0.25, 0.3) is 0 Å². The third kappa shape index (κ3) is 3.88. The van der Waals surface area contributed by atoms with E-state index < -0.39 is 0 Å². The zero-order valence-electron chi connectivity index (χ0n) is 3.55. The van der Waals surface area contributed by atoms with Crippen LogP contribution in [0.5, 0.6) is 0 Å². The molecule has 0 aliphatic heterocycles. The Morgan fingerprint density at radius 3 is 2.67 bits per heavy atom. The highest BCUT2D eigenvalue weighted by molar-refractivity contribution is 4.09. The van der Waals surface area contributed by atoms with E-state index in [-0.39, 0.29) is 6.79 Å². The lowest BCUT2D eigenvalue weighted by molar-refractivity contribution is -0.0451. The molecule has 3 nitrogen and oxygen atoms in total. The highest BCUT2D eigenvalue weighted by Crippen LogP contribution is 1.71. The predicted molar refractivity (Wildman–Crippen MR) is 19.2 cm³/mol. The minimum atomic E-state index is 0.108. The number of hydrogen-bond acceptors (Lipinski definition) is 3. The highest BCUT2D eigenvalue weighted by atomic mass is 16.7. The van der Waals surface area contributed by atoms with Gasteiger partial charge in [-0.2, -0.15) is 0 Å². The maximum atomic E-state index is 7.77. The lowest BCUT2D eigenvalue weighted by atomic mass is 11.3. The van der Waals surface area contributed by atoms with Gasteiger partial charge in [0.25, 0.3) is 0 Å². The van der Waals surface area contributed by atoms with Crippen molar-refractivity contribution < 1.29 is 14.6 Å². The van der Waals surface area contributed by atoms with Crippen LogP contribution in [0, 0.1) is 6.79 Å². The summed E-state index contributed by atoms with van der Waals surface area (Å²) >= 11 is 0. The average molecular weight is 91.1 g/mol. The molecule has 3 heteroatoms. The van der Waals surface area contributed by atoms with Crippen molar-refractivity contribution in [1.29, 1.82) is 0 Å². The van der Waals surface area contributed by atoms with Crippen LogP contribution in [0.1, 0.15) is 0 Å². The van der Waals surface area contributed by atoms with Crippen LogP contribution in [0.2, 0.25) is 0 Å². The van der Waals surface area contributed by atoms with E-state index in [0.717, 1.165) is 0 Å². The fraction of sp³-hybridized carbons (Fsp3) is 0.667. The Bertz CT molecular complexity index is 18.0. The predicted octanol–water partition coefficient (Wildman–Crippen LogP) is 0.0987. The number of ether oxygens (including phenoxy) is 2. The first-order valence-electron chi connectivity index (χ1n) is 1.48. The standard InChI is InChI=1S/C3H7O3/c1-5-3-6-2-4/h2,4H,3H2,1H3. The quantitative estimate of drug-likeness (QED) is 0.395. The maximum absolute atomic E-state index is 7.77. The summed E-state index contributed by atoms with van der Waals surface area (Å²) in [6.07, 6.45) is 0. The monoisotopic (exact) mass is 91.0 g/mol. The second-order valence-electron chi connectivity index (χ2n) is 0.679. The van der Waals surface area contributed by atoms with E-state index in [1.807, 2.05) is 0 Å². The minimum absolute atomic E-state index is 0.108. The topological polar surface area (TPSA) is 38.7 Å². The Morgan fingerprint density at radius 1 is 1.83 bits per heavy atom. The van der Waals surface area contributed by atoms with Gasteiger partial charge in [-0.25, -0.2) is 0 Å². The van der Waals surface area contributed by atoms with Gasteiger partial charge < -0.3 is 14.6 Å². The van der Waals surface area contributed by atoms with E-state index in [9.17, 15) is 0 Å². The van der Waals surface area contributed by atoms with E-state index in [2.05, 4.69) is 9.47 Å². The zero-order chi connectivity index (χ0) is 4.83. The van der Waals surface area contributed by atoms with Gasteiger partial charge in [0.15, 0.2) is 0 Å². The molecule has 0 aliphatic rings. The second-order valence-corrected chi connectivity index (χ2v) is 0.679. The largest absolute Gasteiger partial charge is 0.364 e. The van der Waals surface area contributed by atoms with Crippen LogP contribution < -0.4 is 0 Å². The van der Waals surface area contributed by atoms with Gasteiger partial charge in [0.2, 0.25) is 6.79 Å². The fourth-order valence-corrected chi connectivity index (χ4v) is 0.0985. The van der Waals surface area contributed by atoms with E-state index >= 15 is 0 Å². The first-order chi connectivity index (χ1) is 2.91. The lowest BCUT2D eigenvalue weighted by Gasteiger charge is -1.91. The average Bonchev–Trinajstić information content (AvgIpc) is 1.61. The Kier molecular flexibility index (Phi) is 4.78. The SMILES string of the molecule is COCO[CH]O. The van der Waals surface area contributed by atoms with Gasteiger partial charge >= 0.3 is 0 Å². The van der Waals surface area contributed by atoms with Crippen molar-refractivity contribution in [2.45, 2.75) is 0 Å². The van der Waals surface area contributed by atoms with Crippen molar-refractivity contribution in [3.8, 4) is 0 Å². The molecule has 0 saturated carbocycles. The van der Waals surface area contributed by atoms with Crippen LogP contribution in [-0.4, -0.2) is 19.0 Å². The lowest BCUT2D eigenvalue weighted by Crippen LogP contribution is -1.91. The van der Waals surface area contributed by atoms with Gasteiger partial charge in [-0.05, 0) is 0 Å². The van der Waals surface area contributed by atoms with Crippen LogP contribution in [0.15, 0.2) is 0 Å². The molecular weight excluding hydrogens is 84.0 g/mol. The minimum Gasteiger partial charge on any atom is -0.364 e. The first kappa shape index (κ1) is 5.88. The molecule has 0 unspecified atom stereocenters. The van der Waals surface area contributed by atoms with Crippen molar-refractivity contribution in [3.05, 3.63) is 6.79 Å². The summed E-state index contributed by atoms with van der Waals surface area (Å²) in [6, 6.07) is 0. The number of hydrogen-bond donors (Lipinski definition) is 1. The molecule has 0 spiro atoms. The molecule has 0 saturated heterocycles. The summed E-state index contributed by atoms with van der Waals surface area (Å²) < 4.78 is 8.56. The molecule has 0 aromatic rings. The maximum Gasteiger partial charge on any atom is 0.209 e. The van der Waals surface area contributed by atoms with Crippen LogP contribution in [0.4, 0.5) is 0 Å². The molecule has 0 aromatic heterocycles. The van der Waals surface area contributed by atoms with Crippen LogP contribution >= 0.6 is 0 Å². The third-order valence-electron chi connectivity index (χ3n) is 0.260. The number of rotatable bonds is 3. The molecule has 1 N–H and O–H groups in total. The van der Waals surface area contributed by atoms with E-state index in [0.29, 0.717) is 6.79 Å². The number of methoxy groups -OCH3 is 1. The summed E-state index contributed by atoms with van der Waals surface area (Å²) in [5.74, 6) is 0. The van der Waals surface area contributed by atoms with Crippen molar-refractivity contribution in [2.24, 2.45) is 0 Å². The van der Waals surface area contributed by atoms with Crippen molar-refractivity contribution in [3.63, 3.8) is 0 Å². The first-order valence-corrected chi connectivity index (χ1v) is 1.48. The summed E-state index contributed by atoms with van der Waals surface area (Å²) in [6.45, 7) is 0.694. The molecule has 0 aliphatic carbocycles. The van der Waals surface area contributed by atoms with Crippen molar-refractivity contribution in [2.75, 3.05) is 13.9 Å². The van der Waals surface area contributed by atoms with Gasteiger partial charge in [0, 0.05) is 7.11 Å². The van der Waals surface area contributed by atoms with Crippen LogP contribution in [-0.2, 0) is 9.47 Å². The molecule has 0 bridgehead atoms. The molecule has 0 atom stereocenters. The Balaban J connectivity index is 2.34. The molecule has 0 fully saturated rings. The Morgan fingerprint density at radius 2 is 2.50 bits per heavy atom. The van der Waals surface area contributed by atoms with Gasteiger partial charge in [-0.3, -0.25) is 0 Å². The molecule has 0 heterocycles. The molecule has 0 amide bonds. The summed E-state index contributed by atoms with van der Waals surface area (Å²) in [5, 5.41) is 7.77. The summed E-state index contributed by atoms with van der Waals surface area (Å²) in [4.78, 5) is 0. The van der Waals surface area contributed by atoms with Crippen molar-refractivity contribution in [1.82, 2.24) is 0 Å². The summed E-state index contributed by atoms with van der Waals surface area (Å²) in [7, 11) is 1.48. The van der Waals surface area contributed by atoms with Gasteiger partial charge in [-0.1, -0.05) is 0 Å².